The molecule has 8 nitrogen and oxygen atoms in total. The summed E-state index contributed by atoms with van der Waals surface area (Å²) in [6.45, 7) is 5.29. The largest absolute Gasteiger partial charge is 0.394 e. The van der Waals surface area contributed by atoms with Crippen LogP contribution in [0.4, 0.5) is 13.2 Å². The van der Waals surface area contributed by atoms with Crippen molar-refractivity contribution in [2.75, 3.05) is 19.8 Å². The zero-order valence-electron chi connectivity index (χ0n) is 20.7. The molecule has 8 rings (SSSR count). The second-order valence-electron chi connectivity index (χ2n) is 11.5. The van der Waals surface area contributed by atoms with Gasteiger partial charge in [0.25, 0.3) is 5.56 Å². The summed E-state index contributed by atoms with van der Waals surface area (Å²) in [5, 5.41) is 9.20. The van der Waals surface area contributed by atoms with Crippen LogP contribution in [0.2, 0.25) is 0 Å². The van der Waals surface area contributed by atoms with Crippen molar-refractivity contribution in [3.05, 3.63) is 56.9 Å². The molecule has 2 atom stereocenters. The summed E-state index contributed by atoms with van der Waals surface area (Å²) in [6, 6.07) is 2.18. The maximum Gasteiger partial charge on any atom is 0.394 e. The van der Waals surface area contributed by atoms with Gasteiger partial charge in [0, 0.05) is 46.5 Å². The highest BCUT2D eigenvalue weighted by Gasteiger charge is 2.79. The quantitative estimate of drug-likeness (QED) is 0.521. The van der Waals surface area contributed by atoms with Gasteiger partial charge in [-0.15, -0.1) is 0 Å². The summed E-state index contributed by atoms with van der Waals surface area (Å²) in [5.41, 5.74) is 1.43. The Morgan fingerprint density at radius 1 is 1.16 bits per heavy atom. The van der Waals surface area contributed by atoms with Crippen LogP contribution in [-0.2, 0) is 14.9 Å². The van der Waals surface area contributed by atoms with E-state index in [1.165, 1.54) is 4.52 Å². The highest BCUT2D eigenvalue weighted by Crippen LogP contribution is 2.78. The van der Waals surface area contributed by atoms with Gasteiger partial charge in [-0.3, -0.25) is 9.48 Å². The molecule has 0 N–H and O–H groups in total. The van der Waals surface area contributed by atoms with E-state index in [2.05, 4.69) is 10.1 Å². The lowest BCUT2D eigenvalue weighted by atomic mass is 9.33. The molecule has 0 spiro atoms. The van der Waals surface area contributed by atoms with Gasteiger partial charge in [0.1, 0.15) is 0 Å². The minimum absolute atomic E-state index is 0.00489. The van der Waals surface area contributed by atoms with Gasteiger partial charge in [-0.2, -0.15) is 27.9 Å². The standard InChI is InChI=1S/C26H28F3N5O3/c1-14-15(2)31-22-19(24-11-25(12-24,13-24)26(27,28)29)6-20(32-34(22)23(14)35)16-3-4-37-21(5-16)17-7-30-33(8-17)18-9-36-10-18/h6-8,16,18,21H,3-5,9-13H2,1-2H3/t16-,21-,24?,25?/m1/s1. The number of ether oxygens (including phenoxy) is 2. The van der Waals surface area contributed by atoms with Gasteiger partial charge in [0.2, 0.25) is 0 Å². The number of alkyl halides is 3. The Hall–Kier alpha value is -2.79. The van der Waals surface area contributed by atoms with Crippen LogP contribution in [0, 0.1) is 19.3 Å². The number of fused-ring (bicyclic) bond motifs is 1. The normalized spacial score (nSPS) is 31.6. The van der Waals surface area contributed by atoms with Crippen molar-refractivity contribution < 1.29 is 22.6 Å². The highest BCUT2D eigenvalue weighted by molar-refractivity contribution is 5.57. The second kappa shape index (κ2) is 7.63. The predicted molar refractivity (Wildman–Crippen MR) is 125 cm³/mol. The first-order valence-corrected chi connectivity index (χ1v) is 12.8. The van der Waals surface area contributed by atoms with Crippen LogP contribution in [0.25, 0.3) is 5.65 Å². The van der Waals surface area contributed by atoms with Crippen molar-refractivity contribution >= 4 is 5.65 Å². The van der Waals surface area contributed by atoms with Crippen LogP contribution >= 0.6 is 0 Å². The highest BCUT2D eigenvalue weighted by atomic mass is 19.4. The third kappa shape index (κ3) is 3.29. The third-order valence-electron chi connectivity index (χ3n) is 9.17. The summed E-state index contributed by atoms with van der Waals surface area (Å²) >= 11 is 0. The monoisotopic (exact) mass is 515 g/mol. The molecular weight excluding hydrogens is 487 g/mol. The van der Waals surface area contributed by atoms with Gasteiger partial charge in [0.15, 0.2) is 5.65 Å². The number of hydrogen-bond donors (Lipinski definition) is 0. The zero-order chi connectivity index (χ0) is 25.7. The van der Waals surface area contributed by atoms with E-state index in [0.717, 1.165) is 11.1 Å². The molecule has 3 aromatic heterocycles. The lowest BCUT2D eigenvalue weighted by Gasteiger charge is -2.70. The smallest absolute Gasteiger partial charge is 0.377 e. The molecule has 5 aliphatic rings. The van der Waals surface area contributed by atoms with Crippen molar-refractivity contribution in [3.63, 3.8) is 0 Å². The van der Waals surface area contributed by atoms with Gasteiger partial charge in [-0.1, -0.05) is 0 Å². The summed E-state index contributed by atoms with van der Waals surface area (Å²) in [6.07, 6.45) is 0.947. The van der Waals surface area contributed by atoms with Crippen LogP contribution in [0.15, 0.2) is 23.3 Å². The van der Waals surface area contributed by atoms with Crippen molar-refractivity contribution in [1.82, 2.24) is 24.4 Å². The molecule has 3 aromatic rings. The number of nitrogens with zero attached hydrogens (tertiary/aromatic N) is 5. The Morgan fingerprint density at radius 2 is 1.92 bits per heavy atom. The molecule has 0 unspecified atom stereocenters. The van der Waals surface area contributed by atoms with Gasteiger partial charge < -0.3 is 9.47 Å². The van der Waals surface area contributed by atoms with E-state index in [1.807, 2.05) is 23.1 Å². The number of aromatic nitrogens is 5. The van der Waals surface area contributed by atoms with E-state index in [9.17, 15) is 18.0 Å². The summed E-state index contributed by atoms with van der Waals surface area (Å²) < 4.78 is 55.5. The molecule has 2 aliphatic heterocycles. The molecule has 196 valence electrons. The average molecular weight is 516 g/mol. The predicted octanol–water partition coefficient (Wildman–Crippen LogP) is 4.09. The lowest BCUT2D eigenvalue weighted by molar-refractivity contribution is -0.336. The maximum absolute atomic E-state index is 13.6. The van der Waals surface area contributed by atoms with Crippen molar-refractivity contribution in [2.45, 2.75) is 75.6 Å². The first-order chi connectivity index (χ1) is 17.6. The molecule has 2 bridgehead atoms. The van der Waals surface area contributed by atoms with Gasteiger partial charge in [-0.25, -0.2) is 4.98 Å². The van der Waals surface area contributed by atoms with Gasteiger partial charge >= 0.3 is 6.18 Å². The van der Waals surface area contributed by atoms with Gasteiger partial charge in [0.05, 0.1) is 42.7 Å². The summed E-state index contributed by atoms with van der Waals surface area (Å²) in [4.78, 5) is 17.9. The number of rotatable bonds is 4. The minimum Gasteiger partial charge on any atom is -0.377 e. The van der Waals surface area contributed by atoms with Crippen LogP contribution < -0.4 is 5.56 Å². The number of hydrogen-bond acceptors (Lipinski definition) is 6. The first kappa shape index (κ1) is 23.3. The minimum atomic E-state index is -4.21. The fraction of sp³-hybridized carbons (Fsp3) is 0.615. The molecule has 0 radical (unpaired) electrons. The molecule has 2 saturated heterocycles. The third-order valence-corrected chi connectivity index (χ3v) is 9.17. The van der Waals surface area contributed by atoms with Gasteiger partial charge in [-0.05, 0) is 52.0 Å². The maximum atomic E-state index is 13.6. The number of aryl methyl sites for hydroxylation is 1. The van der Waals surface area contributed by atoms with E-state index in [1.54, 1.807) is 13.8 Å². The van der Waals surface area contributed by atoms with Crippen LogP contribution in [0.1, 0.15) is 78.2 Å². The lowest BCUT2D eigenvalue weighted by Crippen LogP contribution is -2.70. The Balaban J connectivity index is 1.25. The molecule has 5 heterocycles. The molecule has 0 amide bonds. The molecule has 3 aliphatic carbocycles. The SMILES string of the molecule is Cc1nc2c(C34CC(C(F)(F)F)(C3)C4)cc([C@@H]3CCO[C@@H](c4cnn(C5COC5)c4)C3)nn2c(=O)c1C. The van der Waals surface area contributed by atoms with E-state index in [4.69, 9.17) is 14.6 Å². The van der Waals surface area contributed by atoms with Crippen molar-refractivity contribution in [3.8, 4) is 0 Å². The zero-order valence-corrected chi connectivity index (χ0v) is 20.7. The molecule has 0 aromatic carbocycles. The van der Waals surface area contributed by atoms with Crippen LogP contribution in [0.3, 0.4) is 0 Å². The van der Waals surface area contributed by atoms with Crippen molar-refractivity contribution in [1.29, 1.82) is 0 Å². The summed E-state index contributed by atoms with van der Waals surface area (Å²) in [5.74, 6) is -0.00489. The topological polar surface area (TPSA) is 83.5 Å². The molecule has 37 heavy (non-hydrogen) atoms. The molecular formula is C26H28F3N5O3. The molecule has 11 heteroatoms. The van der Waals surface area contributed by atoms with Crippen LogP contribution in [0.5, 0.6) is 0 Å². The second-order valence-corrected chi connectivity index (χ2v) is 11.5. The first-order valence-electron chi connectivity index (χ1n) is 12.8. The van der Waals surface area contributed by atoms with E-state index in [0.29, 0.717) is 55.3 Å². The Bertz CT molecular complexity index is 1450. The van der Waals surface area contributed by atoms with Crippen molar-refractivity contribution in [2.24, 2.45) is 5.41 Å². The Labute approximate surface area is 210 Å². The van der Waals surface area contributed by atoms with E-state index in [-0.39, 0.29) is 42.9 Å². The Morgan fingerprint density at radius 3 is 2.59 bits per heavy atom. The fourth-order valence-corrected chi connectivity index (χ4v) is 6.68. The Kier molecular flexibility index (Phi) is 4.81. The molecule has 3 saturated carbocycles. The van der Waals surface area contributed by atoms with Crippen LogP contribution in [-0.4, -0.2) is 50.4 Å². The van der Waals surface area contributed by atoms with E-state index >= 15 is 0 Å². The molecule has 5 fully saturated rings. The fourth-order valence-electron chi connectivity index (χ4n) is 6.68. The number of halogens is 3. The van der Waals surface area contributed by atoms with E-state index < -0.39 is 17.0 Å². The average Bonchev–Trinajstić information content (AvgIpc) is 3.23. The summed E-state index contributed by atoms with van der Waals surface area (Å²) in [7, 11) is 0.